The number of esters is 1. The Morgan fingerprint density at radius 3 is 3.00 bits per heavy atom. The minimum atomic E-state index is -0.378. The smallest absolute Gasteiger partial charge is 0.310 e. The summed E-state index contributed by atoms with van der Waals surface area (Å²) in [5.74, 6) is -0.378. The molecule has 0 aliphatic carbocycles. The average Bonchev–Trinajstić information content (AvgIpc) is 2.64. The number of rotatable bonds is 2. The number of hydrogen-bond donors (Lipinski definition) is 0. The number of carbonyl (C=O) groups is 1. The Morgan fingerprint density at radius 1 is 1.65 bits per heavy atom. The van der Waals surface area contributed by atoms with Crippen molar-refractivity contribution >= 4 is 36.7 Å². The summed E-state index contributed by atoms with van der Waals surface area (Å²) in [5.41, 5.74) is 2.13. The molecule has 7 heteroatoms. The van der Waals surface area contributed by atoms with Crippen LogP contribution in [0.4, 0.5) is 0 Å². The zero-order valence-corrected chi connectivity index (χ0v) is 10.2. The predicted molar refractivity (Wildman–Crippen MR) is 63.8 cm³/mol. The number of aromatic nitrogens is 3. The zero-order chi connectivity index (χ0) is 12.6. The molecule has 2 aromatic rings. The van der Waals surface area contributed by atoms with E-state index in [1.807, 2.05) is 0 Å². The van der Waals surface area contributed by atoms with Gasteiger partial charge in [-0.2, -0.15) is 5.10 Å². The van der Waals surface area contributed by atoms with Crippen LogP contribution in [0.5, 0.6) is 0 Å². The van der Waals surface area contributed by atoms with Crippen LogP contribution in [-0.4, -0.2) is 35.5 Å². The van der Waals surface area contributed by atoms with Crippen LogP contribution >= 0.6 is 11.6 Å². The third kappa shape index (κ3) is 2.13. The van der Waals surface area contributed by atoms with E-state index in [1.165, 1.54) is 11.6 Å². The van der Waals surface area contributed by atoms with Crippen molar-refractivity contribution < 1.29 is 9.53 Å². The van der Waals surface area contributed by atoms with Crippen molar-refractivity contribution in [3.05, 3.63) is 22.5 Å². The van der Waals surface area contributed by atoms with Crippen LogP contribution in [0, 0.1) is 6.92 Å². The van der Waals surface area contributed by atoms with E-state index < -0.39 is 0 Å². The quantitative estimate of drug-likeness (QED) is 0.433. The number of hydrogen-bond acceptors (Lipinski definition) is 4. The van der Waals surface area contributed by atoms with Crippen LogP contribution in [0.15, 0.2) is 6.07 Å². The maximum Gasteiger partial charge on any atom is 0.310 e. The minimum Gasteiger partial charge on any atom is -0.469 e. The van der Waals surface area contributed by atoms with Crippen LogP contribution in [0.25, 0.3) is 5.65 Å². The van der Waals surface area contributed by atoms with Gasteiger partial charge in [-0.05, 0) is 13.0 Å². The first kappa shape index (κ1) is 11.9. The summed E-state index contributed by atoms with van der Waals surface area (Å²) in [4.78, 5) is 15.5. The van der Waals surface area contributed by atoms with Gasteiger partial charge >= 0.3 is 5.97 Å². The van der Waals surface area contributed by atoms with E-state index in [2.05, 4.69) is 14.8 Å². The van der Waals surface area contributed by atoms with Crippen molar-refractivity contribution in [2.24, 2.45) is 0 Å². The highest BCUT2D eigenvalue weighted by Crippen LogP contribution is 2.20. The second-order valence-electron chi connectivity index (χ2n) is 3.56. The highest BCUT2D eigenvalue weighted by Gasteiger charge is 2.15. The van der Waals surface area contributed by atoms with E-state index in [-0.39, 0.29) is 12.4 Å². The van der Waals surface area contributed by atoms with Crippen molar-refractivity contribution in [3.63, 3.8) is 0 Å². The van der Waals surface area contributed by atoms with Gasteiger partial charge in [-0.3, -0.25) is 4.79 Å². The molecule has 0 atom stereocenters. The van der Waals surface area contributed by atoms with E-state index in [1.54, 1.807) is 13.0 Å². The Bertz CT molecular complexity index is 597. The van der Waals surface area contributed by atoms with Crippen molar-refractivity contribution in [3.8, 4) is 0 Å². The molecule has 0 aliphatic rings. The fraction of sp³-hybridized carbons (Fsp3) is 0.300. The topological polar surface area (TPSA) is 56.5 Å². The summed E-state index contributed by atoms with van der Waals surface area (Å²) in [7, 11) is 6.89. The normalized spacial score (nSPS) is 10.8. The third-order valence-electron chi connectivity index (χ3n) is 2.41. The summed E-state index contributed by atoms with van der Waals surface area (Å²) >= 11 is 6.16. The molecular weight excluding hydrogens is 240 g/mol. The Kier molecular flexibility index (Phi) is 3.06. The third-order valence-corrected chi connectivity index (χ3v) is 2.80. The summed E-state index contributed by atoms with van der Waals surface area (Å²) in [5, 5.41) is 4.32. The number of aryl methyl sites for hydroxylation is 1. The summed E-state index contributed by atoms with van der Waals surface area (Å²) in [6.07, 6.45) is 0.0594. The molecule has 2 aromatic heterocycles. The van der Waals surface area contributed by atoms with Crippen molar-refractivity contribution in [1.29, 1.82) is 0 Å². The van der Waals surface area contributed by atoms with E-state index >= 15 is 0 Å². The molecule has 0 amide bonds. The number of ether oxygens (including phenoxy) is 1. The molecule has 5 nitrogen and oxygen atoms in total. The number of fused-ring (bicyclic) bond motifs is 1. The van der Waals surface area contributed by atoms with Gasteiger partial charge in [0, 0.05) is 16.9 Å². The fourth-order valence-corrected chi connectivity index (χ4v) is 1.87. The number of carbonyl (C=O) groups excluding carboxylic acids is 1. The summed E-state index contributed by atoms with van der Waals surface area (Å²) in [6, 6.07) is 1.61. The molecule has 2 rings (SSSR count). The molecule has 86 valence electrons. The van der Waals surface area contributed by atoms with Gasteiger partial charge in [0.25, 0.3) is 0 Å². The molecule has 0 saturated heterocycles. The molecule has 0 N–H and O–H groups in total. The summed E-state index contributed by atoms with van der Waals surface area (Å²) in [6.45, 7) is 1.77. The highest BCUT2D eigenvalue weighted by atomic mass is 35.5. The van der Waals surface area contributed by atoms with Gasteiger partial charge in [-0.25, -0.2) is 9.50 Å². The van der Waals surface area contributed by atoms with Gasteiger partial charge in [0.15, 0.2) is 5.65 Å². The first-order valence-electron chi connectivity index (χ1n) is 4.90. The largest absolute Gasteiger partial charge is 0.469 e. The van der Waals surface area contributed by atoms with Gasteiger partial charge in [0.1, 0.15) is 13.0 Å². The average molecular weight is 249 g/mol. The number of methoxy groups -OCH3 is 1. The molecule has 0 aliphatic heterocycles. The monoisotopic (exact) mass is 249 g/mol. The Hall–Kier alpha value is -1.56. The molecule has 17 heavy (non-hydrogen) atoms. The molecule has 2 radical (unpaired) electrons. The van der Waals surface area contributed by atoms with E-state index in [4.69, 9.17) is 19.4 Å². The highest BCUT2D eigenvalue weighted by molar-refractivity contribution is 6.32. The second-order valence-corrected chi connectivity index (χ2v) is 3.92. The molecule has 2 heterocycles. The van der Waals surface area contributed by atoms with Gasteiger partial charge in [-0.1, -0.05) is 11.6 Å². The van der Waals surface area contributed by atoms with Gasteiger partial charge in [0.2, 0.25) is 0 Å². The maximum atomic E-state index is 11.3. The molecule has 0 unspecified atom stereocenters. The van der Waals surface area contributed by atoms with Crippen molar-refractivity contribution in [2.45, 2.75) is 13.3 Å². The molecule has 0 fully saturated rings. The fourth-order valence-electron chi connectivity index (χ4n) is 1.55. The van der Waals surface area contributed by atoms with Gasteiger partial charge in [0.05, 0.1) is 13.5 Å². The lowest BCUT2D eigenvalue weighted by Crippen LogP contribution is -2.11. The Labute approximate surface area is 104 Å². The number of halogens is 1. The van der Waals surface area contributed by atoms with Gasteiger partial charge < -0.3 is 4.74 Å². The predicted octanol–water partition coefficient (Wildman–Crippen LogP) is 0.200. The van der Waals surface area contributed by atoms with Crippen LogP contribution in [-0.2, 0) is 16.0 Å². The van der Waals surface area contributed by atoms with Crippen LogP contribution < -0.4 is 5.59 Å². The van der Waals surface area contributed by atoms with Crippen LogP contribution in [0.1, 0.15) is 11.3 Å². The first-order valence-corrected chi connectivity index (χ1v) is 5.27. The molecule has 0 aromatic carbocycles. The maximum absolute atomic E-state index is 11.3. The minimum absolute atomic E-state index is 0.0594. The van der Waals surface area contributed by atoms with Crippen molar-refractivity contribution in [2.75, 3.05) is 7.11 Å². The standard InChI is InChI=1S/C10H9BClN3O2/c1-5-6(3-9(16)17-2)10(12)15-8(13-5)4-7(11)14-15/h4H,3H2,1-2H3. The lowest BCUT2D eigenvalue weighted by molar-refractivity contribution is -0.139. The molecule has 0 bridgehead atoms. The van der Waals surface area contributed by atoms with Crippen LogP contribution in [0.3, 0.4) is 0 Å². The van der Waals surface area contributed by atoms with E-state index in [9.17, 15) is 4.79 Å². The lowest BCUT2D eigenvalue weighted by atomic mass is 10.1. The van der Waals surface area contributed by atoms with Gasteiger partial charge in [-0.15, -0.1) is 0 Å². The molecule has 0 spiro atoms. The summed E-state index contributed by atoms with van der Waals surface area (Å²) < 4.78 is 6.01. The van der Waals surface area contributed by atoms with Crippen molar-refractivity contribution in [1.82, 2.24) is 14.6 Å². The Balaban J connectivity index is 2.58. The van der Waals surface area contributed by atoms with Crippen LogP contribution in [0.2, 0.25) is 5.15 Å². The van der Waals surface area contributed by atoms with E-state index in [0.717, 1.165) is 0 Å². The molecule has 0 saturated carbocycles. The Morgan fingerprint density at radius 2 is 2.35 bits per heavy atom. The zero-order valence-electron chi connectivity index (χ0n) is 9.40. The second kappa shape index (κ2) is 4.37. The SMILES string of the molecule is [B]c1cc2nc(C)c(CC(=O)OC)c(Cl)n2n1. The number of nitrogens with zero attached hydrogens (tertiary/aromatic N) is 3. The lowest BCUT2D eigenvalue weighted by Gasteiger charge is -2.08. The first-order chi connectivity index (χ1) is 8.02. The molecular formula is C10H9BClN3O2. The van der Waals surface area contributed by atoms with E-state index in [0.29, 0.717) is 27.7 Å².